The standard InChI is InChI=1S/C17H18F2N6OS/c18-10-1-2-13-14(7-10)25(9-15(26)23-16-21-4-6-27-16)17(22-13)24-5-3-11(19)12(20)8-24/h1-2,4,6-7,11-12H,3,5,8-9,20H2,(H,21,23,26)/t11-,12-/m1/s1. The fraction of sp³-hybridized carbons (Fsp3) is 0.353. The fourth-order valence-corrected chi connectivity index (χ4v) is 3.75. The van der Waals surface area contributed by atoms with Gasteiger partial charge in [-0.2, -0.15) is 0 Å². The number of anilines is 2. The number of hydrogen-bond donors (Lipinski definition) is 2. The number of halogens is 2. The van der Waals surface area contributed by atoms with E-state index in [0.717, 1.165) is 0 Å². The van der Waals surface area contributed by atoms with E-state index in [1.54, 1.807) is 22.2 Å². The molecule has 1 aromatic carbocycles. The zero-order chi connectivity index (χ0) is 19.0. The number of aromatic nitrogens is 3. The molecule has 27 heavy (non-hydrogen) atoms. The molecule has 3 heterocycles. The minimum Gasteiger partial charge on any atom is -0.340 e. The number of hydrogen-bond acceptors (Lipinski definition) is 6. The Bertz CT molecular complexity index is 960. The first-order valence-electron chi connectivity index (χ1n) is 8.51. The summed E-state index contributed by atoms with van der Waals surface area (Å²) in [6.07, 6.45) is 0.810. The van der Waals surface area contributed by atoms with Crippen LogP contribution in [0, 0.1) is 5.82 Å². The number of alkyl halides is 1. The van der Waals surface area contributed by atoms with E-state index in [1.807, 2.05) is 4.90 Å². The highest BCUT2D eigenvalue weighted by molar-refractivity contribution is 7.13. The Labute approximate surface area is 157 Å². The first kappa shape index (κ1) is 17.8. The quantitative estimate of drug-likeness (QED) is 0.710. The maximum atomic E-state index is 13.8. The summed E-state index contributed by atoms with van der Waals surface area (Å²) in [6.45, 7) is 0.634. The molecule has 0 unspecified atom stereocenters. The van der Waals surface area contributed by atoms with E-state index < -0.39 is 18.0 Å². The molecule has 1 aliphatic heterocycles. The van der Waals surface area contributed by atoms with Gasteiger partial charge in [0, 0.05) is 24.7 Å². The van der Waals surface area contributed by atoms with E-state index in [9.17, 15) is 13.6 Å². The SMILES string of the molecule is N[C@@H]1CN(c2nc3ccc(F)cc3n2CC(=O)Nc2nccs2)CC[C@H]1F. The van der Waals surface area contributed by atoms with Gasteiger partial charge >= 0.3 is 0 Å². The van der Waals surface area contributed by atoms with Crippen molar-refractivity contribution < 1.29 is 13.6 Å². The number of rotatable bonds is 4. The third-order valence-electron chi connectivity index (χ3n) is 4.52. The Morgan fingerprint density at radius 2 is 2.30 bits per heavy atom. The summed E-state index contributed by atoms with van der Waals surface area (Å²) in [5.74, 6) is -0.249. The highest BCUT2D eigenvalue weighted by Crippen LogP contribution is 2.26. The van der Waals surface area contributed by atoms with Crippen LogP contribution in [0.15, 0.2) is 29.8 Å². The summed E-state index contributed by atoms with van der Waals surface area (Å²) in [7, 11) is 0. The molecule has 4 rings (SSSR count). The van der Waals surface area contributed by atoms with Gasteiger partial charge in [0.2, 0.25) is 11.9 Å². The van der Waals surface area contributed by atoms with E-state index in [-0.39, 0.29) is 25.4 Å². The monoisotopic (exact) mass is 392 g/mol. The fourth-order valence-electron chi connectivity index (χ4n) is 3.20. The predicted octanol–water partition coefficient (Wildman–Crippen LogP) is 2.15. The molecule has 142 valence electrons. The minimum absolute atomic E-state index is 0.0698. The normalized spacial score (nSPS) is 20.2. The molecule has 1 amide bonds. The molecule has 7 nitrogen and oxygen atoms in total. The second-order valence-electron chi connectivity index (χ2n) is 6.43. The summed E-state index contributed by atoms with van der Waals surface area (Å²) in [5.41, 5.74) is 6.92. The van der Waals surface area contributed by atoms with Crippen LogP contribution in [0.5, 0.6) is 0 Å². The molecule has 10 heteroatoms. The third kappa shape index (κ3) is 3.62. The van der Waals surface area contributed by atoms with Crippen LogP contribution in [-0.4, -0.2) is 45.7 Å². The number of piperidine rings is 1. The lowest BCUT2D eigenvalue weighted by Gasteiger charge is -2.34. The number of carbonyl (C=O) groups excluding carboxylic acids is 1. The van der Waals surface area contributed by atoms with Crippen molar-refractivity contribution in [1.82, 2.24) is 14.5 Å². The molecule has 0 saturated carbocycles. The zero-order valence-electron chi connectivity index (χ0n) is 14.3. The lowest BCUT2D eigenvalue weighted by atomic mass is 10.1. The van der Waals surface area contributed by atoms with E-state index in [2.05, 4.69) is 15.3 Å². The molecular formula is C17H18F2N6OS. The average molecular weight is 392 g/mol. The van der Waals surface area contributed by atoms with Crippen molar-refractivity contribution in [3.8, 4) is 0 Å². The van der Waals surface area contributed by atoms with Gasteiger partial charge in [-0.1, -0.05) is 0 Å². The van der Waals surface area contributed by atoms with Crippen molar-refractivity contribution in [2.24, 2.45) is 5.73 Å². The molecule has 2 aromatic heterocycles. The maximum Gasteiger partial charge on any atom is 0.246 e. The number of amides is 1. The smallest absolute Gasteiger partial charge is 0.246 e. The number of nitrogens with two attached hydrogens (primary N) is 1. The van der Waals surface area contributed by atoms with Crippen molar-refractivity contribution in [2.75, 3.05) is 23.3 Å². The van der Waals surface area contributed by atoms with E-state index >= 15 is 0 Å². The van der Waals surface area contributed by atoms with Crippen LogP contribution in [0.25, 0.3) is 11.0 Å². The maximum absolute atomic E-state index is 13.8. The van der Waals surface area contributed by atoms with Gasteiger partial charge < -0.3 is 20.5 Å². The molecule has 3 N–H and O–H groups in total. The van der Waals surface area contributed by atoms with Gasteiger partial charge in [0.05, 0.1) is 17.1 Å². The third-order valence-corrected chi connectivity index (χ3v) is 5.21. The summed E-state index contributed by atoms with van der Waals surface area (Å²) in [6, 6.07) is 3.58. The summed E-state index contributed by atoms with van der Waals surface area (Å²) in [5, 5.41) is 4.95. The topological polar surface area (TPSA) is 89.1 Å². The van der Waals surface area contributed by atoms with E-state index in [0.29, 0.717) is 28.7 Å². The molecule has 1 fully saturated rings. The first-order valence-corrected chi connectivity index (χ1v) is 9.39. The Morgan fingerprint density at radius 1 is 1.44 bits per heavy atom. The number of thiazole rings is 1. The van der Waals surface area contributed by atoms with Gasteiger partial charge in [0.1, 0.15) is 18.5 Å². The summed E-state index contributed by atoms with van der Waals surface area (Å²) < 4.78 is 29.2. The van der Waals surface area contributed by atoms with Crippen LogP contribution in [0.1, 0.15) is 6.42 Å². The number of nitrogens with one attached hydrogen (secondary N) is 1. The molecule has 2 atom stereocenters. The number of benzene rings is 1. The van der Waals surface area contributed by atoms with Crippen LogP contribution in [0.3, 0.4) is 0 Å². The molecule has 1 saturated heterocycles. The van der Waals surface area contributed by atoms with Crippen molar-refractivity contribution in [3.63, 3.8) is 0 Å². The predicted molar refractivity (Wildman–Crippen MR) is 100 cm³/mol. The van der Waals surface area contributed by atoms with Gasteiger partial charge in [0.15, 0.2) is 5.13 Å². The lowest BCUT2D eigenvalue weighted by Crippen LogP contribution is -2.50. The number of nitrogens with zero attached hydrogens (tertiary/aromatic N) is 4. The van der Waals surface area contributed by atoms with Gasteiger partial charge in [-0.05, 0) is 24.6 Å². The van der Waals surface area contributed by atoms with Gasteiger partial charge in [0.25, 0.3) is 0 Å². The molecule has 0 bridgehead atoms. The first-order chi connectivity index (χ1) is 13.0. The largest absolute Gasteiger partial charge is 0.340 e. The minimum atomic E-state index is -1.07. The van der Waals surface area contributed by atoms with E-state index in [4.69, 9.17) is 5.73 Å². The average Bonchev–Trinajstić information content (AvgIpc) is 3.26. The summed E-state index contributed by atoms with van der Waals surface area (Å²) in [4.78, 5) is 22.9. The summed E-state index contributed by atoms with van der Waals surface area (Å²) >= 11 is 1.31. The van der Waals surface area contributed by atoms with Crippen molar-refractivity contribution >= 4 is 39.4 Å². The van der Waals surface area contributed by atoms with Crippen LogP contribution < -0.4 is 16.0 Å². The number of carbonyl (C=O) groups is 1. The van der Waals surface area contributed by atoms with E-state index in [1.165, 1.54) is 23.5 Å². The molecule has 0 radical (unpaired) electrons. The Morgan fingerprint density at radius 3 is 3.04 bits per heavy atom. The van der Waals surface area contributed by atoms with Crippen LogP contribution in [0.4, 0.5) is 19.9 Å². The van der Waals surface area contributed by atoms with Crippen molar-refractivity contribution in [2.45, 2.75) is 25.2 Å². The molecule has 0 aliphatic carbocycles. The van der Waals surface area contributed by atoms with Crippen LogP contribution in [-0.2, 0) is 11.3 Å². The second kappa shape index (κ2) is 7.20. The molecule has 3 aromatic rings. The van der Waals surface area contributed by atoms with Crippen LogP contribution >= 0.6 is 11.3 Å². The Balaban J connectivity index is 1.68. The van der Waals surface area contributed by atoms with Gasteiger partial charge in [-0.3, -0.25) is 4.79 Å². The highest BCUT2D eigenvalue weighted by atomic mass is 32.1. The molecule has 0 spiro atoms. The van der Waals surface area contributed by atoms with Gasteiger partial charge in [-0.15, -0.1) is 11.3 Å². The van der Waals surface area contributed by atoms with Crippen molar-refractivity contribution in [3.05, 3.63) is 35.6 Å². The molecule has 1 aliphatic rings. The second-order valence-corrected chi connectivity index (χ2v) is 7.33. The van der Waals surface area contributed by atoms with Crippen LogP contribution in [0.2, 0.25) is 0 Å². The van der Waals surface area contributed by atoms with Crippen molar-refractivity contribution in [1.29, 1.82) is 0 Å². The lowest BCUT2D eigenvalue weighted by molar-refractivity contribution is -0.116. The Kier molecular flexibility index (Phi) is 4.75. The van der Waals surface area contributed by atoms with Gasteiger partial charge in [-0.25, -0.2) is 18.7 Å². The number of imidazole rings is 1. The highest BCUT2D eigenvalue weighted by Gasteiger charge is 2.29. The Hall–Kier alpha value is -2.59. The molecular weight excluding hydrogens is 374 g/mol. The number of fused-ring (bicyclic) bond motifs is 1. The zero-order valence-corrected chi connectivity index (χ0v) is 15.1.